The highest BCUT2D eigenvalue weighted by molar-refractivity contribution is 7.92. The van der Waals surface area contributed by atoms with E-state index in [1.54, 1.807) is 43.5 Å². The fraction of sp³-hybridized carbons (Fsp3) is 0.333. The number of methoxy groups -OCH3 is 1. The molecule has 0 spiro atoms. The molecule has 3 rings (SSSR count). The molecule has 0 unspecified atom stereocenters. The first-order chi connectivity index (χ1) is 19.5. The number of amides is 2. The summed E-state index contributed by atoms with van der Waals surface area (Å²) in [7, 11) is -2.69. The van der Waals surface area contributed by atoms with Crippen LogP contribution in [0.3, 0.4) is 0 Å². The second kappa shape index (κ2) is 14.6. The molecule has 11 heteroatoms. The second-order valence-electron chi connectivity index (χ2n) is 9.57. The third-order valence-corrected chi connectivity index (χ3v) is 8.84. The smallest absolute Gasteiger partial charge is 0.264 e. The lowest BCUT2D eigenvalue weighted by Crippen LogP contribution is -2.53. The molecule has 0 heterocycles. The van der Waals surface area contributed by atoms with Crippen molar-refractivity contribution in [3.63, 3.8) is 0 Å². The Hall–Kier alpha value is -3.27. The molecule has 41 heavy (non-hydrogen) atoms. The summed E-state index contributed by atoms with van der Waals surface area (Å²) in [5.74, 6) is -0.301. The van der Waals surface area contributed by atoms with Crippen LogP contribution in [0.15, 0.2) is 77.7 Å². The first-order valence-corrected chi connectivity index (χ1v) is 15.5. The summed E-state index contributed by atoms with van der Waals surface area (Å²) < 4.78 is 34.1. The van der Waals surface area contributed by atoms with Crippen LogP contribution < -0.4 is 14.4 Å². The predicted octanol–water partition coefficient (Wildman–Crippen LogP) is 5.92. The van der Waals surface area contributed by atoms with Crippen molar-refractivity contribution in [3.05, 3.63) is 88.4 Å². The fourth-order valence-corrected chi connectivity index (χ4v) is 6.19. The molecule has 0 radical (unpaired) electrons. The van der Waals surface area contributed by atoms with Crippen molar-refractivity contribution in [2.24, 2.45) is 0 Å². The molecule has 8 nitrogen and oxygen atoms in total. The van der Waals surface area contributed by atoms with Crippen molar-refractivity contribution in [1.29, 1.82) is 0 Å². The fourth-order valence-electron chi connectivity index (χ4n) is 4.26. The van der Waals surface area contributed by atoms with E-state index in [-0.39, 0.29) is 39.1 Å². The Morgan fingerprint density at radius 3 is 2.17 bits per heavy atom. The third kappa shape index (κ3) is 8.38. The van der Waals surface area contributed by atoms with Crippen molar-refractivity contribution in [2.45, 2.75) is 57.1 Å². The molecule has 3 aromatic rings. The summed E-state index contributed by atoms with van der Waals surface area (Å²) >= 11 is 12.5. The molecule has 1 N–H and O–H groups in total. The quantitative estimate of drug-likeness (QED) is 0.256. The van der Waals surface area contributed by atoms with Gasteiger partial charge >= 0.3 is 0 Å². The average Bonchev–Trinajstić information content (AvgIpc) is 2.95. The number of carbonyl (C=O) groups is 2. The number of halogens is 2. The Morgan fingerprint density at radius 1 is 0.927 bits per heavy atom. The van der Waals surface area contributed by atoms with Crippen molar-refractivity contribution in [1.82, 2.24) is 10.2 Å². The number of rotatable bonds is 13. The molecular weight excluding hydrogens is 585 g/mol. The van der Waals surface area contributed by atoms with Crippen molar-refractivity contribution in [2.75, 3.05) is 18.0 Å². The molecule has 0 aromatic heterocycles. The van der Waals surface area contributed by atoms with Crippen LogP contribution in [0.2, 0.25) is 10.0 Å². The lowest BCUT2D eigenvalue weighted by molar-refractivity contribution is -0.140. The standard InChI is InChI=1S/C30H35Cl2N3O5S/c1-5-21(3)33-30(37)28(6-2)34(19-22-11-10-12-26(15-22)40-4)29(36)20-35(25-17-23(31)16-24(32)18-25)41(38,39)27-13-8-7-9-14-27/h7-18,21,28H,5-6,19-20H2,1-4H3,(H,33,37)/t21-,28+/m0/s1. The Balaban J connectivity index is 2.09. The average molecular weight is 621 g/mol. The van der Waals surface area contributed by atoms with Crippen LogP contribution in [0, 0.1) is 0 Å². The largest absolute Gasteiger partial charge is 0.497 e. The normalized spacial score (nSPS) is 12.7. The van der Waals surface area contributed by atoms with Crippen LogP contribution in [-0.2, 0) is 26.2 Å². The number of hydrogen-bond acceptors (Lipinski definition) is 5. The minimum absolute atomic E-state index is 0.00945. The van der Waals surface area contributed by atoms with Crippen LogP contribution >= 0.6 is 23.2 Å². The molecule has 3 aromatic carbocycles. The molecule has 0 saturated heterocycles. The van der Waals surface area contributed by atoms with Crippen LogP contribution in [0.1, 0.15) is 39.2 Å². The topological polar surface area (TPSA) is 96.0 Å². The van der Waals surface area contributed by atoms with E-state index in [4.69, 9.17) is 27.9 Å². The lowest BCUT2D eigenvalue weighted by atomic mass is 10.1. The van der Waals surface area contributed by atoms with Crippen LogP contribution in [0.5, 0.6) is 5.75 Å². The number of hydrogen-bond donors (Lipinski definition) is 1. The van der Waals surface area contributed by atoms with E-state index in [0.29, 0.717) is 18.6 Å². The zero-order chi connectivity index (χ0) is 30.2. The number of nitrogens with one attached hydrogen (secondary N) is 1. The van der Waals surface area contributed by atoms with Gasteiger partial charge in [-0.05, 0) is 67.8 Å². The lowest BCUT2D eigenvalue weighted by Gasteiger charge is -2.34. The first-order valence-electron chi connectivity index (χ1n) is 13.3. The summed E-state index contributed by atoms with van der Waals surface area (Å²) in [6.07, 6.45) is 1.02. The van der Waals surface area contributed by atoms with Crippen molar-refractivity contribution >= 4 is 50.7 Å². The zero-order valence-electron chi connectivity index (χ0n) is 23.5. The van der Waals surface area contributed by atoms with E-state index in [1.807, 2.05) is 26.8 Å². The van der Waals surface area contributed by atoms with Crippen molar-refractivity contribution < 1.29 is 22.7 Å². The molecule has 0 fully saturated rings. The highest BCUT2D eigenvalue weighted by Crippen LogP contribution is 2.30. The molecule has 2 amide bonds. The number of carbonyl (C=O) groups excluding carboxylic acids is 2. The van der Waals surface area contributed by atoms with Gasteiger partial charge in [-0.15, -0.1) is 0 Å². The first kappa shape index (κ1) is 32.2. The van der Waals surface area contributed by atoms with E-state index in [0.717, 1.165) is 9.87 Å². The van der Waals surface area contributed by atoms with E-state index < -0.39 is 28.5 Å². The van der Waals surface area contributed by atoms with Gasteiger partial charge in [0, 0.05) is 22.6 Å². The Bertz CT molecular complexity index is 1430. The van der Waals surface area contributed by atoms with E-state index >= 15 is 0 Å². The van der Waals surface area contributed by atoms with Gasteiger partial charge in [-0.3, -0.25) is 13.9 Å². The highest BCUT2D eigenvalue weighted by Gasteiger charge is 2.34. The van der Waals surface area contributed by atoms with Gasteiger partial charge in [0.2, 0.25) is 11.8 Å². The van der Waals surface area contributed by atoms with Gasteiger partial charge in [-0.2, -0.15) is 0 Å². The summed E-state index contributed by atoms with van der Waals surface area (Å²) in [4.78, 5) is 28.9. The molecule has 0 aliphatic rings. The SMILES string of the molecule is CC[C@H](C(=O)N[C@@H](C)CC)N(Cc1cccc(OC)c1)C(=O)CN(c1cc(Cl)cc(Cl)c1)S(=O)(=O)c1ccccc1. The van der Waals surface area contributed by atoms with Gasteiger partial charge in [0.15, 0.2) is 0 Å². The van der Waals surface area contributed by atoms with Crippen molar-refractivity contribution in [3.8, 4) is 5.75 Å². The number of nitrogens with zero attached hydrogens (tertiary/aromatic N) is 2. The number of anilines is 1. The number of sulfonamides is 1. The number of ether oxygens (including phenoxy) is 1. The molecular formula is C30H35Cl2N3O5S. The minimum Gasteiger partial charge on any atom is -0.497 e. The van der Waals surface area contributed by atoms with Crippen LogP contribution in [0.25, 0.3) is 0 Å². The maximum absolute atomic E-state index is 14.1. The van der Waals surface area contributed by atoms with Gasteiger partial charge in [0.05, 0.1) is 17.7 Å². The minimum atomic E-state index is -4.23. The highest BCUT2D eigenvalue weighted by atomic mass is 35.5. The molecule has 2 atom stereocenters. The number of benzene rings is 3. The summed E-state index contributed by atoms with van der Waals surface area (Å²) in [6.45, 7) is 5.11. The summed E-state index contributed by atoms with van der Waals surface area (Å²) in [5, 5.41) is 3.37. The van der Waals surface area contributed by atoms with Gasteiger partial charge in [-0.25, -0.2) is 8.42 Å². The Labute approximate surface area is 252 Å². The van der Waals surface area contributed by atoms with Gasteiger partial charge < -0.3 is 15.0 Å². The van der Waals surface area contributed by atoms with E-state index in [9.17, 15) is 18.0 Å². The zero-order valence-corrected chi connectivity index (χ0v) is 25.8. The molecule has 220 valence electrons. The van der Waals surface area contributed by atoms with Gasteiger partial charge in [-0.1, -0.05) is 67.4 Å². The molecule has 0 aliphatic heterocycles. The maximum atomic E-state index is 14.1. The molecule has 0 aliphatic carbocycles. The third-order valence-electron chi connectivity index (χ3n) is 6.62. The summed E-state index contributed by atoms with van der Waals surface area (Å²) in [5.41, 5.74) is 0.842. The predicted molar refractivity (Wildman–Crippen MR) is 163 cm³/mol. The maximum Gasteiger partial charge on any atom is 0.264 e. The Morgan fingerprint density at radius 2 is 1.59 bits per heavy atom. The van der Waals surface area contributed by atoms with E-state index in [1.165, 1.54) is 35.2 Å². The van der Waals surface area contributed by atoms with Gasteiger partial charge in [0.25, 0.3) is 10.0 Å². The summed E-state index contributed by atoms with van der Waals surface area (Å²) in [6, 6.07) is 18.3. The van der Waals surface area contributed by atoms with E-state index in [2.05, 4.69) is 5.32 Å². The Kier molecular flexibility index (Phi) is 11.5. The monoisotopic (exact) mass is 619 g/mol. The van der Waals surface area contributed by atoms with Crippen LogP contribution in [0.4, 0.5) is 5.69 Å². The molecule has 0 bridgehead atoms. The molecule has 0 saturated carbocycles. The van der Waals surface area contributed by atoms with Gasteiger partial charge in [0.1, 0.15) is 18.3 Å². The van der Waals surface area contributed by atoms with Crippen LogP contribution in [-0.4, -0.2) is 50.9 Å². The second-order valence-corrected chi connectivity index (χ2v) is 12.3.